The highest BCUT2D eigenvalue weighted by molar-refractivity contribution is 5.79. The van der Waals surface area contributed by atoms with Crippen molar-refractivity contribution < 1.29 is 0 Å². The Labute approximate surface area is 138 Å². The van der Waals surface area contributed by atoms with E-state index in [4.69, 9.17) is 0 Å². The van der Waals surface area contributed by atoms with Gasteiger partial charge in [-0.05, 0) is 34.4 Å². The van der Waals surface area contributed by atoms with Crippen molar-refractivity contribution in [3.63, 3.8) is 0 Å². The maximum absolute atomic E-state index is 13.0. The lowest BCUT2D eigenvalue weighted by molar-refractivity contribution is 0.655. The average Bonchev–Trinajstić information content (AvgIpc) is 2.97. The predicted molar refractivity (Wildman–Crippen MR) is 92.9 cm³/mol. The summed E-state index contributed by atoms with van der Waals surface area (Å²) in [5.41, 5.74) is 5.50. The summed E-state index contributed by atoms with van der Waals surface area (Å²) >= 11 is 0. The van der Waals surface area contributed by atoms with E-state index in [0.29, 0.717) is 11.0 Å². The predicted octanol–water partition coefficient (Wildman–Crippen LogP) is 3.41. The van der Waals surface area contributed by atoms with Gasteiger partial charge < -0.3 is 0 Å². The van der Waals surface area contributed by atoms with Crippen LogP contribution in [0.25, 0.3) is 22.2 Å². The van der Waals surface area contributed by atoms with Crippen molar-refractivity contribution in [1.29, 1.82) is 0 Å². The summed E-state index contributed by atoms with van der Waals surface area (Å²) in [6.45, 7) is 0. The number of hydrogen-bond acceptors (Lipinski definition) is 3. The maximum atomic E-state index is 13.0. The van der Waals surface area contributed by atoms with E-state index in [1.54, 1.807) is 23.2 Å². The van der Waals surface area contributed by atoms with Crippen LogP contribution in [0, 0.1) is 0 Å². The largest absolute Gasteiger partial charge is 0.285 e. The molecule has 4 aromatic rings. The van der Waals surface area contributed by atoms with Gasteiger partial charge in [0.2, 0.25) is 0 Å². The van der Waals surface area contributed by atoms with Gasteiger partial charge in [0.05, 0.1) is 17.9 Å². The Hall–Kier alpha value is -3.27. The number of aromatic nitrogens is 3. The van der Waals surface area contributed by atoms with E-state index in [1.807, 2.05) is 30.3 Å². The third-order valence-electron chi connectivity index (χ3n) is 4.62. The van der Waals surface area contributed by atoms with Gasteiger partial charge in [0, 0.05) is 6.20 Å². The molecule has 0 spiro atoms. The Morgan fingerprint density at radius 2 is 1.46 bits per heavy atom. The standard InChI is InChI=1S/C20H13N3O/c24-20-18-17(10-5-11-21-18)22-12-23(20)19-15-8-3-1-6-13(15)14-7-2-4-9-16(14)19/h1-12,19H. The van der Waals surface area contributed by atoms with E-state index in [0.717, 1.165) is 11.1 Å². The first-order chi connectivity index (χ1) is 11.8. The lowest BCUT2D eigenvalue weighted by atomic mass is 10.1. The topological polar surface area (TPSA) is 47.8 Å². The highest BCUT2D eigenvalue weighted by Gasteiger charge is 2.30. The average molecular weight is 311 g/mol. The van der Waals surface area contributed by atoms with Crippen LogP contribution in [0.1, 0.15) is 17.2 Å². The summed E-state index contributed by atoms with van der Waals surface area (Å²) in [4.78, 5) is 21.7. The molecular formula is C20H13N3O. The van der Waals surface area contributed by atoms with Gasteiger partial charge in [-0.15, -0.1) is 0 Å². The molecule has 2 aromatic heterocycles. The second-order valence-electron chi connectivity index (χ2n) is 5.91. The molecule has 24 heavy (non-hydrogen) atoms. The molecule has 2 aromatic carbocycles. The van der Waals surface area contributed by atoms with Crippen molar-refractivity contribution >= 4 is 11.0 Å². The number of nitrogens with zero attached hydrogens (tertiary/aromatic N) is 3. The zero-order valence-corrected chi connectivity index (χ0v) is 12.8. The minimum absolute atomic E-state index is 0.114. The van der Waals surface area contributed by atoms with E-state index < -0.39 is 0 Å². The molecule has 1 aliphatic carbocycles. The molecule has 4 heteroatoms. The van der Waals surface area contributed by atoms with Crippen LogP contribution >= 0.6 is 0 Å². The lowest BCUT2D eigenvalue weighted by Crippen LogP contribution is -2.26. The van der Waals surface area contributed by atoms with Crippen molar-refractivity contribution in [1.82, 2.24) is 14.5 Å². The van der Waals surface area contributed by atoms with Gasteiger partial charge in [0.15, 0.2) is 5.52 Å². The Morgan fingerprint density at radius 3 is 2.17 bits per heavy atom. The number of rotatable bonds is 1. The Kier molecular flexibility index (Phi) is 2.67. The molecule has 1 aliphatic rings. The first kappa shape index (κ1) is 13.2. The summed E-state index contributed by atoms with van der Waals surface area (Å²) in [5.74, 6) is 0. The molecular weight excluding hydrogens is 298 g/mol. The summed E-state index contributed by atoms with van der Waals surface area (Å²) in [7, 11) is 0. The van der Waals surface area contributed by atoms with E-state index >= 15 is 0 Å². The van der Waals surface area contributed by atoms with Crippen molar-refractivity contribution in [2.45, 2.75) is 6.04 Å². The minimum atomic E-state index is -0.163. The molecule has 0 aliphatic heterocycles. The van der Waals surface area contributed by atoms with Crippen LogP contribution in [-0.2, 0) is 0 Å². The Bertz CT molecular complexity index is 1100. The van der Waals surface area contributed by atoms with Crippen molar-refractivity contribution in [2.75, 3.05) is 0 Å². The highest BCUT2D eigenvalue weighted by atomic mass is 16.1. The molecule has 0 N–H and O–H groups in total. The van der Waals surface area contributed by atoms with Crippen LogP contribution in [-0.4, -0.2) is 14.5 Å². The Balaban J connectivity index is 1.84. The second kappa shape index (κ2) is 4.86. The van der Waals surface area contributed by atoms with Crippen LogP contribution in [0.3, 0.4) is 0 Å². The molecule has 0 saturated heterocycles. The van der Waals surface area contributed by atoms with E-state index in [-0.39, 0.29) is 11.6 Å². The number of hydrogen-bond donors (Lipinski definition) is 0. The molecule has 0 bridgehead atoms. The van der Waals surface area contributed by atoms with Crippen LogP contribution in [0.2, 0.25) is 0 Å². The lowest BCUT2D eigenvalue weighted by Gasteiger charge is -2.17. The third-order valence-corrected chi connectivity index (χ3v) is 4.62. The van der Waals surface area contributed by atoms with Gasteiger partial charge in [0.1, 0.15) is 0 Å². The van der Waals surface area contributed by atoms with Crippen LogP contribution in [0.15, 0.2) is 78.0 Å². The van der Waals surface area contributed by atoms with Crippen molar-refractivity contribution in [2.24, 2.45) is 0 Å². The molecule has 0 atom stereocenters. The van der Waals surface area contributed by atoms with Crippen molar-refractivity contribution in [3.05, 3.63) is 94.7 Å². The van der Waals surface area contributed by atoms with Gasteiger partial charge in [-0.1, -0.05) is 48.5 Å². The third kappa shape index (κ3) is 1.71. The first-order valence-electron chi connectivity index (χ1n) is 7.85. The number of pyridine rings is 1. The molecule has 0 unspecified atom stereocenters. The molecule has 4 nitrogen and oxygen atoms in total. The fraction of sp³-hybridized carbons (Fsp3) is 0.0500. The van der Waals surface area contributed by atoms with Crippen LogP contribution < -0.4 is 5.56 Å². The van der Waals surface area contributed by atoms with E-state index in [2.05, 4.69) is 34.2 Å². The number of benzene rings is 2. The molecule has 0 fully saturated rings. The van der Waals surface area contributed by atoms with Crippen LogP contribution in [0.4, 0.5) is 0 Å². The van der Waals surface area contributed by atoms with E-state index in [9.17, 15) is 4.79 Å². The van der Waals surface area contributed by atoms with Gasteiger partial charge in [-0.2, -0.15) is 0 Å². The summed E-state index contributed by atoms with van der Waals surface area (Å²) in [6.07, 6.45) is 3.27. The fourth-order valence-electron chi connectivity index (χ4n) is 3.58. The van der Waals surface area contributed by atoms with Gasteiger partial charge in [-0.3, -0.25) is 9.36 Å². The first-order valence-corrected chi connectivity index (χ1v) is 7.85. The maximum Gasteiger partial charge on any atom is 0.280 e. The minimum Gasteiger partial charge on any atom is -0.285 e. The fourth-order valence-corrected chi connectivity index (χ4v) is 3.58. The normalized spacial score (nSPS) is 13.0. The van der Waals surface area contributed by atoms with Crippen LogP contribution in [0.5, 0.6) is 0 Å². The van der Waals surface area contributed by atoms with Gasteiger partial charge in [0.25, 0.3) is 5.56 Å². The van der Waals surface area contributed by atoms with E-state index in [1.165, 1.54) is 11.1 Å². The SMILES string of the molecule is O=c1c2ncccc2ncn1C1c2ccccc2-c2ccccc21. The second-order valence-corrected chi connectivity index (χ2v) is 5.91. The number of fused-ring (bicyclic) bond motifs is 4. The summed E-state index contributed by atoms with van der Waals surface area (Å²) in [5, 5.41) is 0. The highest BCUT2D eigenvalue weighted by Crippen LogP contribution is 2.44. The zero-order valence-electron chi connectivity index (χ0n) is 12.8. The smallest absolute Gasteiger partial charge is 0.280 e. The molecule has 114 valence electrons. The van der Waals surface area contributed by atoms with Gasteiger partial charge in [-0.25, -0.2) is 9.97 Å². The Morgan fingerprint density at radius 1 is 0.792 bits per heavy atom. The molecule has 5 rings (SSSR count). The van der Waals surface area contributed by atoms with Gasteiger partial charge >= 0.3 is 0 Å². The zero-order chi connectivity index (χ0) is 16.1. The monoisotopic (exact) mass is 311 g/mol. The summed E-state index contributed by atoms with van der Waals surface area (Å²) in [6, 6.07) is 19.9. The molecule has 2 heterocycles. The molecule has 0 saturated carbocycles. The quantitative estimate of drug-likeness (QED) is 0.476. The molecule has 0 radical (unpaired) electrons. The summed E-state index contributed by atoms with van der Waals surface area (Å²) < 4.78 is 1.69. The van der Waals surface area contributed by atoms with Crippen molar-refractivity contribution in [3.8, 4) is 11.1 Å². The molecule has 0 amide bonds.